The highest BCUT2D eigenvalue weighted by molar-refractivity contribution is 6.30. The highest BCUT2D eigenvalue weighted by Gasteiger charge is 2.39. The maximum Gasteiger partial charge on any atom is 0.0664 e. The molecule has 1 aromatic rings. The van der Waals surface area contributed by atoms with Crippen LogP contribution in [0.25, 0.3) is 0 Å². The van der Waals surface area contributed by atoms with Crippen LogP contribution in [0.2, 0.25) is 5.02 Å². The molecular weight excluding hydrogens is 246 g/mol. The van der Waals surface area contributed by atoms with E-state index in [-0.39, 0.29) is 12.1 Å². The monoisotopic (exact) mass is 267 g/mol. The molecule has 0 saturated heterocycles. The summed E-state index contributed by atoms with van der Waals surface area (Å²) < 4.78 is 0. The van der Waals surface area contributed by atoms with Crippen molar-refractivity contribution in [2.75, 3.05) is 11.9 Å². The number of hydrogen-bond acceptors (Lipinski definition) is 2. The van der Waals surface area contributed by atoms with Gasteiger partial charge in [0, 0.05) is 10.7 Å². The van der Waals surface area contributed by atoms with Gasteiger partial charge in [-0.3, -0.25) is 0 Å². The van der Waals surface area contributed by atoms with Gasteiger partial charge in [-0.05, 0) is 37.0 Å². The molecule has 2 rings (SSSR count). The molecule has 0 spiro atoms. The molecule has 0 aliphatic heterocycles. The molecule has 2 unspecified atom stereocenters. The molecule has 18 heavy (non-hydrogen) atoms. The normalized spacial score (nSPS) is 28.1. The van der Waals surface area contributed by atoms with E-state index < -0.39 is 0 Å². The van der Waals surface area contributed by atoms with E-state index in [1.165, 1.54) is 19.3 Å². The Morgan fingerprint density at radius 1 is 1.44 bits per heavy atom. The van der Waals surface area contributed by atoms with Crippen molar-refractivity contribution < 1.29 is 5.11 Å². The van der Waals surface area contributed by atoms with Crippen LogP contribution in [0.15, 0.2) is 24.3 Å². The molecule has 1 fully saturated rings. The molecule has 1 aliphatic carbocycles. The van der Waals surface area contributed by atoms with Crippen molar-refractivity contribution in [3.8, 4) is 0 Å². The van der Waals surface area contributed by atoms with E-state index in [9.17, 15) is 5.11 Å². The van der Waals surface area contributed by atoms with E-state index in [2.05, 4.69) is 12.2 Å². The smallest absolute Gasteiger partial charge is 0.0664 e. The molecule has 2 atom stereocenters. The van der Waals surface area contributed by atoms with Crippen LogP contribution in [0.3, 0.4) is 0 Å². The van der Waals surface area contributed by atoms with Crippen LogP contribution in [0, 0.1) is 5.92 Å². The summed E-state index contributed by atoms with van der Waals surface area (Å²) in [5.41, 5.74) is 0.842. The number of benzene rings is 1. The Morgan fingerprint density at radius 2 is 2.28 bits per heavy atom. The van der Waals surface area contributed by atoms with Crippen LogP contribution in [0.4, 0.5) is 5.69 Å². The fraction of sp³-hybridized carbons (Fsp3) is 0.600. The van der Waals surface area contributed by atoms with Gasteiger partial charge in [-0.25, -0.2) is 0 Å². The predicted molar refractivity (Wildman–Crippen MR) is 77.1 cm³/mol. The van der Waals surface area contributed by atoms with Gasteiger partial charge in [-0.15, -0.1) is 0 Å². The van der Waals surface area contributed by atoms with Crippen molar-refractivity contribution in [2.24, 2.45) is 5.92 Å². The fourth-order valence-corrected chi connectivity index (χ4v) is 3.36. The Kier molecular flexibility index (Phi) is 4.52. The van der Waals surface area contributed by atoms with E-state index in [0.717, 1.165) is 23.6 Å². The van der Waals surface area contributed by atoms with Gasteiger partial charge < -0.3 is 10.4 Å². The Balaban J connectivity index is 2.21. The SMILES string of the molecule is CCC1CCCCC1(CO)Nc1cccc(Cl)c1. The molecule has 2 N–H and O–H groups in total. The van der Waals surface area contributed by atoms with Gasteiger partial charge in [0.15, 0.2) is 0 Å². The van der Waals surface area contributed by atoms with E-state index in [0.29, 0.717) is 5.92 Å². The van der Waals surface area contributed by atoms with Crippen molar-refractivity contribution >= 4 is 17.3 Å². The van der Waals surface area contributed by atoms with Crippen molar-refractivity contribution in [2.45, 2.75) is 44.6 Å². The van der Waals surface area contributed by atoms with Crippen LogP contribution in [0.5, 0.6) is 0 Å². The van der Waals surface area contributed by atoms with Crippen molar-refractivity contribution in [1.29, 1.82) is 0 Å². The zero-order chi connectivity index (χ0) is 13.0. The lowest BCUT2D eigenvalue weighted by Gasteiger charge is -2.44. The molecule has 1 saturated carbocycles. The van der Waals surface area contributed by atoms with Gasteiger partial charge in [0.1, 0.15) is 0 Å². The standard InChI is InChI=1S/C15H22ClNO/c1-2-12-6-3-4-9-15(12,11-18)17-14-8-5-7-13(16)10-14/h5,7-8,10,12,17-18H,2-4,6,9,11H2,1H3. The maximum absolute atomic E-state index is 9.88. The number of hydrogen-bond donors (Lipinski definition) is 2. The number of rotatable bonds is 4. The lowest BCUT2D eigenvalue weighted by Crippen LogP contribution is -2.50. The minimum absolute atomic E-state index is 0.169. The second kappa shape index (κ2) is 5.94. The molecule has 1 aliphatic rings. The summed E-state index contributed by atoms with van der Waals surface area (Å²) >= 11 is 6.02. The Labute approximate surface area is 114 Å². The van der Waals surface area contributed by atoms with Crippen molar-refractivity contribution in [3.63, 3.8) is 0 Å². The lowest BCUT2D eigenvalue weighted by atomic mass is 9.71. The van der Waals surface area contributed by atoms with Crippen molar-refractivity contribution in [1.82, 2.24) is 0 Å². The number of aliphatic hydroxyl groups excluding tert-OH is 1. The quantitative estimate of drug-likeness (QED) is 0.861. The first kappa shape index (κ1) is 13.7. The van der Waals surface area contributed by atoms with Crippen LogP contribution < -0.4 is 5.32 Å². The highest BCUT2D eigenvalue weighted by atomic mass is 35.5. The molecule has 3 heteroatoms. The van der Waals surface area contributed by atoms with Crippen LogP contribution in [-0.2, 0) is 0 Å². The summed E-state index contributed by atoms with van der Waals surface area (Å²) in [6.45, 7) is 2.40. The molecule has 100 valence electrons. The summed E-state index contributed by atoms with van der Waals surface area (Å²) in [5, 5.41) is 14.2. The van der Waals surface area contributed by atoms with Crippen LogP contribution in [-0.4, -0.2) is 17.3 Å². The van der Waals surface area contributed by atoms with Crippen molar-refractivity contribution in [3.05, 3.63) is 29.3 Å². The third-order valence-electron chi connectivity index (χ3n) is 4.20. The van der Waals surface area contributed by atoms with Gasteiger partial charge in [-0.2, -0.15) is 0 Å². The van der Waals surface area contributed by atoms with Gasteiger partial charge in [0.05, 0.1) is 12.1 Å². The van der Waals surface area contributed by atoms with Gasteiger partial charge in [-0.1, -0.05) is 43.9 Å². The molecule has 2 nitrogen and oxygen atoms in total. The van der Waals surface area contributed by atoms with E-state index in [4.69, 9.17) is 11.6 Å². The first-order valence-corrected chi connectivity index (χ1v) is 7.22. The Hall–Kier alpha value is -0.730. The minimum atomic E-state index is -0.169. The second-order valence-corrected chi connectivity index (χ2v) is 5.74. The molecule has 1 aromatic carbocycles. The predicted octanol–water partition coefficient (Wildman–Crippen LogP) is 4.08. The summed E-state index contributed by atoms with van der Waals surface area (Å²) in [4.78, 5) is 0. The first-order valence-electron chi connectivity index (χ1n) is 6.85. The van der Waals surface area contributed by atoms with Gasteiger partial charge in [0.2, 0.25) is 0 Å². The number of anilines is 1. The van der Waals surface area contributed by atoms with Gasteiger partial charge >= 0.3 is 0 Å². The third kappa shape index (κ3) is 2.81. The number of halogens is 1. The molecule has 0 aromatic heterocycles. The molecule has 0 bridgehead atoms. The zero-order valence-corrected chi connectivity index (χ0v) is 11.7. The topological polar surface area (TPSA) is 32.3 Å². The van der Waals surface area contributed by atoms with Crippen LogP contribution in [0.1, 0.15) is 39.0 Å². The largest absolute Gasteiger partial charge is 0.394 e. The van der Waals surface area contributed by atoms with E-state index in [1.807, 2.05) is 24.3 Å². The minimum Gasteiger partial charge on any atom is -0.394 e. The van der Waals surface area contributed by atoms with E-state index >= 15 is 0 Å². The van der Waals surface area contributed by atoms with Gasteiger partial charge in [0.25, 0.3) is 0 Å². The Morgan fingerprint density at radius 3 is 2.94 bits per heavy atom. The Bertz CT molecular complexity index is 396. The lowest BCUT2D eigenvalue weighted by molar-refractivity contribution is 0.115. The number of aliphatic hydroxyl groups is 1. The summed E-state index contributed by atoms with van der Waals surface area (Å²) in [7, 11) is 0. The first-order chi connectivity index (χ1) is 8.70. The molecule has 0 radical (unpaired) electrons. The second-order valence-electron chi connectivity index (χ2n) is 5.30. The zero-order valence-electron chi connectivity index (χ0n) is 11.0. The van der Waals surface area contributed by atoms with Crippen LogP contribution >= 0.6 is 11.6 Å². The molecule has 0 heterocycles. The summed E-state index contributed by atoms with van der Waals surface area (Å²) in [6, 6.07) is 7.76. The summed E-state index contributed by atoms with van der Waals surface area (Å²) in [6.07, 6.45) is 5.80. The fourth-order valence-electron chi connectivity index (χ4n) is 3.17. The molecular formula is C15H22ClNO. The number of nitrogens with one attached hydrogen (secondary N) is 1. The maximum atomic E-state index is 9.88. The average molecular weight is 268 g/mol. The summed E-state index contributed by atoms with van der Waals surface area (Å²) in [5.74, 6) is 0.537. The van der Waals surface area contributed by atoms with E-state index in [1.54, 1.807) is 0 Å². The average Bonchev–Trinajstić information content (AvgIpc) is 2.39. The highest BCUT2D eigenvalue weighted by Crippen LogP contribution is 2.38. The third-order valence-corrected chi connectivity index (χ3v) is 4.43. The molecule has 0 amide bonds.